The molecule has 2 heteroatoms. The largest absolute Gasteiger partial charge is 0.489 e. The van der Waals surface area contributed by atoms with Crippen LogP contribution in [0.5, 0.6) is 5.75 Å². The lowest BCUT2D eigenvalue weighted by atomic mass is 10.1. The molecule has 18 heavy (non-hydrogen) atoms. The van der Waals surface area contributed by atoms with E-state index < -0.39 is 0 Å². The fourth-order valence-electron chi connectivity index (χ4n) is 1.75. The number of ether oxygens (including phenoxy) is 1. The maximum atomic E-state index is 5.76. The molecular formula is C16H17IO. The minimum absolute atomic E-state index is 0.589. The van der Waals surface area contributed by atoms with Crippen molar-refractivity contribution in [3.63, 3.8) is 0 Å². The Morgan fingerprint density at radius 1 is 1.00 bits per heavy atom. The van der Waals surface area contributed by atoms with E-state index in [4.69, 9.17) is 4.74 Å². The maximum Gasteiger partial charge on any atom is 0.119 e. The van der Waals surface area contributed by atoms with Crippen LogP contribution >= 0.6 is 22.6 Å². The molecule has 0 bridgehead atoms. The van der Waals surface area contributed by atoms with Crippen LogP contribution in [0.4, 0.5) is 0 Å². The Labute approximate surface area is 122 Å². The van der Waals surface area contributed by atoms with Crippen molar-refractivity contribution in [1.29, 1.82) is 0 Å². The molecule has 2 aromatic carbocycles. The summed E-state index contributed by atoms with van der Waals surface area (Å²) >= 11 is 2.47. The number of halogens is 1. The minimum Gasteiger partial charge on any atom is -0.489 e. The zero-order chi connectivity index (χ0) is 12.8. The molecule has 0 radical (unpaired) electrons. The van der Waals surface area contributed by atoms with Crippen LogP contribution in [-0.4, -0.2) is 0 Å². The van der Waals surface area contributed by atoms with Gasteiger partial charge in [0.15, 0.2) is 0 Å². The number of rotatable bonds is 5. The highest BCUT2D eigenvalue weighted by molar-refractivity contribution is 14.1. The highest BCUT2D eigenvalue weighted by atomic mass is 127. The topological polar surface area (TPSA) is 9.23 Å². The van der Waals surface area contributed by atoms with Gasteiger partial charge in [0.2, 0.25) is 0 Å². The summed E-state index contributed by atoms with van der Waals surface area (Å²) in [6.45, 7) is 2.83. The van der Waals surface area contributed by atoms with E-state index in [1.165, 1.54) is 11.1 Å². The van der Waals surface area contributed by atoms with Gasteiger partial charge in [0, 0.05) is 3.92 Å². The van der Waals surface area contributed by atoms with Crippen molar-refractivity contribution in [3.05, 3.63) is 65.7 Å². The monoisotopic (exact) mass is 352 g/mol. The Balaban J connectivity index is 1.94. The van der Waals surface area contributed by atoms with Crippen LogP contribution in [0.1, 0.15) is 28.4 Å². The van der Waals surface area contributed by atoms with Crippen LogP contribution in [-0.2, 0) is 6.61 Å². The van der Waals surface area contributed by atoms with Crippen LogP contribution in [0.25, 0.3) is 0 Å². The van der Waals surface area contributed by atoms with Crippen molar-refractivity contribution >= 4 is 22.6 Å². The van der Waals surface area contributed by atoms with Gasteiger partial charge in [-0.3, -0.25) is 0 Å². The Hall–Kier alpha value is -1.03. The minimum atomic E-state index is 0.589. The van der Waals surface area contributed by atoms with E-state index in [2.05, 4.69) is 65.9 Å². The number of hydrogen-bond acceptors (Lipinski definition) is 1. The van der Waals surface area contributed by atoms with Gasteiger partial charge in [-0.05, 0) is 29.7 Å². The van der Waals surface area contributed by atoms with E-state index in [0.29, 0.717) is 10.5 Å². The normalized spacial score (nSPS) is 12.1. The van der Waals surface area contributed by atoms with Crippen molar-refractivity contribution in [2.24, 2.45) is 0 Å². The van der Waals surface area contributed by atoms with E-state index in [0.717, 1.165) is 12.2 Å². The van der Waals surface area contributed by atoms with Gasteiger partial charge < -0.3 is 4.74 Å². The molecule has 0 aliphatic carbocycles. The first-order valence-corrected chi connectivity index (χ1v) is 7.45. The predicted molar refractivity (Wildman–Crippen MR) is 84.3 cm³/mol. The third-order valence-electron chi connectivity index (χ3n) is 2.85. The second-order valence-corrected chi connectivity index (χ2v) is 5.72. The molecule has 0 aromatic heterocycles. The molecule has 1 nitrogen and oxygen atoms in total. The first-order chi connectivity index (χ1) is 8.79. The highest BCUT2D eigenvalue weighted by Crippen LogP contribution is 2.28. The zero-order valence-corrected chi connectivity index (χ0v) is 12.6. The van der Waals surface area contributed by atoms with Gasteiger partial charge in [-0.15, -0.1) is 0 Å². The van der Waals surface area contributed by atoms with Crippen LogP contribution in [0.2, 0.25) is 0 Å². The molecule has 94 valence electrons. The lowest BCUT2D eigenvalue weighted by Crippen LogP contribution is -1.95. The van der Waals surface area contributed by atoms with Crippen LogP contribution in [0.3, 0.4) is 0 Å². The number of hydrogen-bond donors (Lipinski definition) is 0. The fraction of sp³-hybridized carbons (Fsp3) is 0.250. The molecule has 2 rings (SSSR count). The van der Waals surface area contributed by atoms with Crippen molar-refractivity contribution < 1.29 is 4.74 Å². The van der Waals surface area contributed by atoms with E-state index in [9.17, 15) is 0 Å². The summed E-state index contributed by atoms with van der Waals surface area (Å²) in [6.07, 6.45) is 1.16. The molecule has 0 saturated carbocycles. The summed E-state index contributed by atoms with van der Waals surface area (Å²) in [5.74, 6) is 0.933. The average molecular weight is 352 g/mol. The second-order valence-electron chi connectivity index (χ2n) is 4.22. The summed E-state index contributed by atoms with van der Waals surface area (Å²) in [7, 11) is 0. The summed E-state index contributed by atoms with van der Waals surface area (Å²) in [4.78, 5) is 0. The lowest BCUT2D eigenvalue weighted by molar-refractivity contribution is 0.306. The van der Waals surface area contributed by atoms with Crippen LogP contribution in [0.15, 0.2) is 54.6 Å². The van der Waals surface area contributed by atoms with Crippen LogP contribution < -0.4 is 4.74 Å². The van der Waals surface area contributed by atoms with Crippen LogP contribution in [0, 0.1) is 0 Å². The summed E-state index contributed by atoms with van der Waals surface area (Å²) in [5, 5.41) is 0. The van der Waals surface area contributed by atoms with Gasteiger partial charge in [0.1, 0.15) is 12.4 Å². The Bertz CT molecular complexity index is 464. The molecule has 0 heterocycles. The lowest BCUT2D eigenvalue weighted by Gasteiger charge is -2.09. The standard InChI is InChI=1S/C16H17IO/c1-2-16(17)14-8-10-15(11-9-14)18-12-13-6-4-3-5-7-13/h3-11,16H,2,12H2,1H3. The second kappa shape index (κ2) is 6.78. The average Bonchev–Trinajstić information content (AvgIpc) is 2.46. The molecule has 0 aliphatic rings. The molecule has 0 aliphatic heterocycles. The smallest absolute Gasteiger partial charge is 0.119 e. The zero-order valence-electron chi connectivity index (χ0n) is 10.5. The molecule has 0 N–H and O–H groups in total. The Morgan fingerprint density at radius 2 is 1.67 bits per heavy atom. The molecule has 0 amide bonds. The van der Waals surface area contributed by atoms with E-state index in [1.807, 2.05) is 18.2 Å². The van der Waals surface area contributed by atoms with Gasteiger partial charge >= 0.3 is 0 Å². The molecule has 0 saturated heterocycles. The van der Waals surface area contributed by atoms with E-state index in [1.54, 1.807) is 0 Å². The molecule has 1 atom stereocenters. The quantitative estimate of drug-likeness (QED) is 0.534. The number of alkyl halides is 1. The number of benzene rings is 2. The fourth-order valence-corrected chi connectivity index (χ4v) is 2.16. The predicted octanol–water partition coefficient (Wildman–Crippen LogP) is 5.15. The highest BCUT2D eigenvalue weighted by Gasteiger charge is 2.04. The van der Waals surface area contributed by atoms with Gasteiger partial charge in [-0.1, -0.05) is 72.0 Å². The van der Waals surface area contributed by atoms with Crippen molar-refractivity contribution in [1.82, 2.24) is 0 Å². The molecule has 0 spiro atoms. The summed E-state index contributed by atoms with van der Waals surface area (Å²) < 4.78 is 6.35. The SMILES string of the molecule is CCC(I)c1ccc(OCc2ccccc2)cc1. The van der Waals surface area contributed by atoms with Gasteiger partial charge in [-0.25, -0.2) is 0 Å². The van der Waals surface area contributed by atoms with E-state index >= 15 is 0 Å². The van der Waals surface area contributed by atoms with Gasteiger partial charge in [-0.2, -0.15) is 0 Å². The van der Waals surface area contributed by atoms with Crippen molar-refractivity contribution in [3.8, 4) is 5.75 Å². The molecule has 2 aromatic rings. The van der Waals surface area contributed by atoms with Crippen molar-refractivity contribution in [2.75, 3.05) is 0 Å². The molecular weight excluding hydrogens is 335 g/mol. The Morgan fingerprint density at radius 3 is 2.28 bits per heavy atom. The molecule has 1 unspecified atom stereocenters. The third kappa shape index (κ3) is 3.73. The van der Waals surface area contributed by atoms with Gasteiger partial charge in [0.25, 0.3) is 0 Å². The third-order valence-corrected chi connectivity index (χ3v) is 4.45. The maximum absolute atomic E-state index is 5.76. The van der Waals surface area contributed by atoms with Gasteiger partial charge in [0.05, 0.1) is 0 Å². The van der Waals surface area contributed by atoms with Crippen molar-refractivity contribution in [2.45, 2.75) is 23.9 Å². The summed E-state index contributed by atoms with van der Waals surface area (Å²) in [5.41, 5.74) is 2.56. The molecule has 0 fully saturated rings. The Kier molecular flexibility index (Phi) is 5.05. The van der Waals surface area contributed by atoms with E-state index in [-0.39, 0.29) is 0 Å². The summed E-state index contributed by atoms with van der Waals surface area (Å²) in [6, 6.07) is 18.6. The first-order valence-electron chi connectivity index (χ1n) is 6.20. The first kappa shape index (κ1) is 13.4.